The first-order valence-corrected chi connectivity index (χ1v) is 6.26. The number of nitrogens with zero attached hydrogens (tertiary/aromatic N) is 1. The largest absolute Gasteiger partial charge is 0.476 e. The Morgan fingerprint density at radius 3 is 2.88 bits per heavy atom. The predicted octanol–water partition coefficient (Wildman–Crippen LogP) is 3.72. The quantitative estimate of drug-likeness (QED) is 0.919. The summed E-state index contributed by atoms with van der Waals surface area (Å²) in [4.78, 5) is 15.4. The highest BCUT2D eigenvalue weighted by Gasteiger charge is 2.19. The van der Waals surface area contributed by atoms with Gasteiger partial charge in [0, 0.05) is 5.56 Å². The maximum atomic E-state index is 13.2. The minimum Gasteiger partial charge on any atom is -0.476 e. The highest BCUT2D eigenvalue weighted by Crippen LogP contribution is 2.35. The Morgan fingerprint density at radius 1 is 1.53 bits per heavy atom. The number of aryl methyl sites for hydroxylation is 1. The number of halogens is 2. The molecule has 88 valence electrons. The van der Waals surface area contributed by atoms with Gasteiger partial charge in [-0.25, -0.2) is 14.2 Å². The molecular weight excluding hydrogens is 309 g/mol. The van der Waals surface area contributed by atoms with E-state index >= 15 is 0 Å². The van der Waals surface area contributed by atoms with E-state index in [1.165, 1.54) is 23.5 Å². The molecule has 1 aromatic carbocycles. The van der Waals surface area contributed by atoms with Crippen molar-refractivity contribution in [3.05, 3.63) is 39.2 Å². The first-order chi connectivity index (χ1) is 7.99. The van der Waals surface area contributed by atoms with E-state index in [4.69, 9.17) is 5.11 Å². The fraction of sp³-hybridized carbons (Fsp3) is 0.0909. The fourth-order valence-corrected chi connectivity index (χ4v) is 2.99. The summed E-state index contributed by atoms with van der Waals surface area (Å²) in [7, 11) is 0. The number of rotatable bonds is 2. The summed E-state index contributed by atoms with van der Waals surface area (Å²) in [5, 5.41) is 9.03. The van der Waals surface area contributed by atoms with Crippen LogP contribution in [0.3, 0.4) is 0 Å². The number of hydrogen-bond donors (Lipinski definition) is 1. The molecule has 0 aliphatic carbocycles. The average molecular weight is 316 g/mol. The van der Waals surface area contributed by atoms with Gasteiger partial charge in [-0.3, -0.25) is 0 Å². The third-order valence-corrected chi connectivity index (χ3v) is 3.79. The Labute approximate surface area is 109 Å². The van der Waals surface area contributed by atoms with E-state index < -0.39 is 11.8 Å². The molecule has 0 aliphatic rings. The Kier molecular flexibility index (Phi) is 3.26. The molecule has 0 unspecified atom stereocenters. The van der Waals surface area contributed by atoms with Crippen LogP contribution in [0.4, 0.5) is 4.39 Å². The van der Waals surface area contributed by atoms with Crippen LogP contribution >= 0.6 is 27.3 Å². The van der Waals surface area contributed by atoms with Crippen LogP contribution in [0, 0.1) is 12.7 Å². The van der Waals surface area contributed by atoms with Crippen LogP contribution in [-0.2, 0) is 0 Å². The number of carboxylic acid groups (broad SMARTS) is 1. The number of aromatic carboxylic acids is 1. The van der Waals surface area contributed by atoms with Crippen LogP contribution in [0.2, 0.25) is 0 Å². The van der Waals surface area contributed by atoms with Crippen LogP contribution in [0.25, 0.3) is 10.4 Å². The van der Waals surface area contributed by atoms with Gasteiger partial charge in [-0.1, -0.05) is 6.07 Å². The first kappa shape index (κ1) is 12.2. The molecule has 0 saturated heterocycles. The second kappa shape index (κ2) is 4.54. The van der Waals surface area contributed by atoms with Crippen molar-refractivity contribution < 1.29 is 14.3 Å². The van der Waals surface area contributed by atoms with Crippen LogP contribution in [0.5, 0.6) is 0 Å². The average Bonchev–Trinajstić information content (AvgIpc) is 2.64. The van der Waals surface area contributed by atoms with E-state index in [-0.39, 0.29) is 5.69 Å². The highest BCUT2D eigenvalue weighted by atomic mass is 79.9. The molecule has 0 amide bonds. The normalized spacial score (nSPS) is 10.5. The van der Waals surface area contributed by atoms with Gasteiger partial charge in [0.05, 0.1) is 4.88 Å². The molecule has 0 aliphatic heterocycles. The summed E-state index contributed by atoms with van der Waals surface area (Å²) in [5.41, 5.74) is 1.31. The van der Waals surface area contributed by atoms with E-state index in [1.54, 1.807) is 13.0 Å². The van der Waals surface area contributed by atoms with Gasteiger partial charge in [-0.05, 0) is 40.5 Å². The van der Waals surface area contributed by atoms with Crippen molar-refractivity contribution in [2.45, 2.75) is 6.92 Å². The number of thiazole rings is 1. The minimum absolute atomic E-state index is 0.0597. The lowest BCUT2D eigenvalue weighted by Crippen LogP contribution is -1.99. The standard InChI is InChI=1S/C11H7BrFNO2S/c1-5-2-3-6(13)4-7(5)9-8(10(15)16)14-11(12)17-9/h2-4H,1H3,(H,15,16). The summed E-state index contributed by atoms with van der Waals surface area (Å²) in [5.74, 6) is -1.52. The molecule has 0 radical (unpaired) electrons. The Morgan fingerprint density at radius 2 is 2.24 bits per heavy atom. The first-order valence-electron chi connectivity index (χ1n) is 4.65. The molecular formula is C11H7BrFNO2S. The number of carboxylic acids is 1. The maximum absolute atomic E-state index is 13.2. The number of hydrogen-bond acceptors (Lipinski definition) is 3. The van der Waals surface area contributed by atoms with Gasteiger partial charge >= 0.3 is 5.97 Å². The van der Waals surface area contributed by atoms with Gasteiger partial charge in [-0.15, -0.1) is 11.3 Å². The smallest absolute Gasteiger partial charge is 0.356 e. The van der Waals surface area contributed by atoms with Gasteiger partial charge in [0.1, 0.15) is 5.82 Å². The number of aromatic nitrogens is 1. The zero-order valence-electron chi connectivity index (χ0n) is 8.70. The second-order valence-corrected chi connectivity index (χ2v) is 5.68. The predicted molar refractivity (Wildman–Crippen MR) is 66.9 cm³/mol. The molecule has 17 heavy (non-hydrogen) atoms. The van der Waals surface area contributed by atoms with E-state index in [2.05, 4.69) is 20.9 Å². The molecule has 3 nitrogen and oxygen atoms in total. The summed E-state index contributed by atoms with van der Waals surface area (Å²) in [6.07, 6.45) is 0. The van der Waals surface area contributed by atoms with Crippen LogP contribution < -0.4 is 0 Å². The molecule has 1 aromatic heterocycles. The van der Waals surface area contributed by atoms with Crippen molar-refractivity contribution in [1.29, 1.82) is 0 Å². The van der Waals surface area contributed by atoms with Crippen molar-refractivity contribution in [2.75, 3.05) is 0 Å². The summed E-state index contributed by atoms with van der Waals surface area (Å²) < 4.78 is 13.7. The third kappa shape index (κ3) is 2.37. The zero-order chi connectivity index (χ0) is 12.6. The van der Waals surface area contributed by atoms with Crippen molar-refractivity contribution in [3.8, 4) is 10.4 Å². The van der Waals surface area contributed by atoms with Gasteiger partial charge < -0.3 is 5.11 Å². The van der Waals surface area contributed by atoms with Crippen LogP contribution in [-0.4, -0.2) is 16.1 Å². The van der Waals surface area contributed by atoms with E-state index in [1.807, 2.05) is 0 Å². The molecule has 0 saturated carbocycles. The topological polar surface area (TPSA) is 50.2 Å². The fourth-order valence-electron chi connectivity index (χ4n) is 1.46. The molecule has 2 aromatic rings. The number of carbonyl (C=O) groups is 1. The van der Waals surface area contributed by atoms with Crippen molar-refractivity contribution >= 4 is 33.2 Å². The number of benzene rings is 1. The molecule has 6 heteroatoms. The monoisotopic (exact) mass is 315 g/mol. The maximum Gasteiger partial charge on any atom is 0.356 e. The SMILES string of the molecule is Cc1ccc(F)cc1-c1sc(Br)nc1C(=O)O. The lowest BCUT2D eigenvalue weighted by molar-refractivity contribution is 0.0692. The Balaban J connectivity index is 2.67. The van der Waals surface area contributed by atoms with Crippen molar-refractivity contribution in [2.24, 2.45) is 0 Å². The Hall–Kier alpha value is -1.27. The van der Waals surface area contributed by atoms with Gasteiger partial charge in [0.25, 0.3) is 0 Å². The van der Waals surface area contributed by atoms with E-state index in [0.717, 1.165) is 5.56 Å². The van der Waals surface area contributed by atoms with Gasteiger partial charge in [0.2, 0.25) is 0 Å². The van der Waals surface area contributed by atoms with Gasteiger partial charge in [-0.2, -0.15) is 0 Å². The van der Waals surface area contributed by atoms with Crippen molar-refractivity contribution in [3.63, 3.8) is 0 Å². The molecule has 1 heterocycles. The van der Waals surface area contributed by atoms with Crippen LogP contribution in [0.1, 0.15) is 16.1 Å². The lowest BCUT2D eigenvalue weighted by atomic mass is 10.1. The molecule has 2 rings (SSSR count). The summed E-state index contributed by atoms with van der Waals surface area (Å²) >= 11 is 4.32. The minimum atomic E-state index is -1.12. The molecule has 0 atom stereocenters. The third-order valence-electron chi connectivity index (χ3n) is 2.25. The molecule has 1 N–H and O–H groups in total. The molecule has 0 spiro atoms. The molecule has 0 fully saturated rings. The van der Waals surface area contributed by atoms with Crippen LogP contribution in [0.15, 0.2) is 22.1 Å². The highest BCUT2D eigenvalue weighted by molar-refractivity contribution is 9.11. The summed E-state index contributed by atoms with van der Waals surface area (Å²) in [6.45, 7) is 1.80. The zero-order valence-corrected chi connectivity index (χ0v) is 11.1. The lowest BCUT2D eigenvalue weighted by Gasteiger charge is -2.03. The molecule has 0 bridgehead atoms. The van der Waals surface area contributed by atoms with Gasteiger partial charge in [0.15, 0.2) is 9.61 Å². The Bertz CT molecular complexity index is 597. The second-order valence-electron chi connectivity index (χ2n) is 3.41. The van der Waals surface area contributed by atoms with E-state index in [9.17, 15) is 9.18 Å². The van der Waals surface area contributed by atoms with Crippen molar-refractivity contribution in [1.82, 2.24) is 4.98 Å². The summed E-state index contributed by atoms with van der Waals surface area (Å²) in [6, 6.07) is 4.28. The van der Waals surface area contributed by atoms with E-state index in [0.29, 0.717) is 14.4 Å².